The zero-order chi connectivity index (χ0) is 14.2. The summed E-state index contributed by atoms with van der Waals surface area (Å²) in [6, 6.07) is 18.1. The summed E-state index contributed by atoms with van der Waals surface area (Å²) >= 11 is 0. The van der Waals surface area contributed by atoms with Crippen LogP contribution in [-0.4, -0.2) is 0 Å². The summed E-state index contributed by atoms with van der Waals surface area (Å²) in [5, 5.41) is 0. The van der Waals surface area contributed by atoms with Crippen LogP contribution in [-0.2, 0) is 12.8 Å². The van der Waals surface area contributed by atoms with E-state index in [1.54, 1.807) is 0 Å². The van der Waals surface area contributed by atoms with Crippen molar-refractivity contribution < 1.29 is 0 Å². The molecule has 0 N–H and O–H groups in total. The van der Waals surface area contributed by atoms with Gasteiger partial charge in [-0.25, -0.2) is 0 Å². The summed E-state index contributed by atoms with van der Waals surface area (Å²) in [5.74, 6) is 0. The fourth-order valence-electron chi connectivity index (χ4n) is 2.60. The van der Waals surface area contributed by atoms with Crippen molar-refractivity contribution >= 4 is 0 Å². The third-order valence-electron chi connectivity index (χ3n) is 3.85. The third-order valence-corrected chi connectivity index (χ3v) is 3.85. The molecule has 0 aromatic heterocycles. The van der Waals surface area contributed by atoms with Crippen LogP contribution in [0, 0.1) is 0 Å². The van der Waals surface area contributed by atoms with E-state index < -0.39 is 0 Å². The normalized spacial score (nSPS) is 10.7. The van der Waals surface area contributed by atoms with Gasteiger partial charge in [-0.2, -0.15) is 0 Å². The van der Waals surface area contributed by atoms with Crippen LogP contribution in [0.3, 0.4) is 0 Å². The number of hydrogen-bond acceptors (Lipinski definition) is 0. The highest BCUT2D eigenvalue weighted by Crippen LogP contribution is 2.21. The summed E-state index contributed by atoms with van der Waals surface area (Å²) < 4.78 is 0. The highest BCUT2D eigenvalue weighted by Gasteiger charge is 1.99. The van der Waals surface area contributed by atoms with Crippen LogP contribution in [0.1, 0.15) is 50.7 Å². The molecule has 2 rings (SSSR count). The maximum absolute atomic E-state index is 2.28. The quantitative estimate of drug-likeness (QED) is 0.536. The number of unbranched alkanes of at least 4 members (excludes halogenated alkanes) is 2. The molecule has 2 aromatic carbocycles. The van der Waals surface area contributed by atoms with Gasteiger partial charge in [-0.1, -0.05) is 81.6 Å². The SMILES string of the molecule is CCCCCc1ccc(-c2ccc(CCC)cc2)cc1. The van der Waals surface area contributed by atoms with Gasteiger partial charge in [-0.15, -0.1) is 0 Å². The standard InChI is InChI=1S/C20H26/c1-3-5-6-8-18-11-15-20(16-12-18)19-13-9-17(7-4-2)10-14-19/h9-16H,3-8H2,1-2H3. The van der Waals surface area contributed by atoms with Gasteiger partial charge in [0.25, 0.3) is 0 Å². The molecular weight excluding hydrogens is 240 g/mol. The molecule has 0 fully saturated rings. The van der Waals surface area contributed by atoms with Gasteiger partial charge in [0.1, 0.15) is 0 Å². The second-order valence-corrected chi connectivity index (χ2v) is 5.60. The van der Waals surface area contributed by atoms with Crippen LogP contribution in [0.4, 0.5) is 0 Å². The van der Waals surface area contributed by atoms with Crippen molar-refractivity contribution in [1.82, 2.24) is 0 Å². The largest absolute Gasteiger partial charge is 0.0654 e. The monoisotopic (exact) mass is 266 g/mol. The topological polar surface area (TPSA) is 0 Å². The zero-order valence-corrected chi connectivity index (χ0v) is 12.9. The first-order valence-corrected chi connectivity index (χ1v) is 8.01. The molecule has 0 unspecified atom stereocenters. The molecule has 0 heteroatoms. The molecule has 0 amide bonds. The van der Waals surface area contributed by atoms with Gasteiger partial charge in [-0.05, 0) is 41.5 Å². The molecule has 0 spiro atoms. The molecule has 20 heavy (non-hydrogen) atoms. The van der Waals surface area contributed by atoms with Crippen molar-refractivity contribution in [2.24, 2.45) is 0 Å². The van der Waals surface area contributed by atoms with Crippen LogP contribution < -0.4 is 0 Å². The van der Waals surface area contributed by atoms with E-state index in [4.69, 9.17) is 0 Å². The first-order chi connectivity index (χ1) is 9.83. The average Bonchev–Trinajstić information content (AvgIpc) is 2.49. The van der Waals surface area contributed by atoms with Crippen LogP contribution >= 0.6 is 0 Å². The maximum Gasteiger partial charge on any atom is -0.0184 e. The molecule has 0 saturated heterocycles. The molecule has 0 aliphatic rings. The van der Waals surface area contributed by atoms with Crippen molar-refractivity contribution in [2.75, 3.05) is 0 Å². The van der Waals surface area contributed by atoms with E-state index in [1.165, 1.54) is 60.8 Å². The predicted octanol–water partition coefficient (Wildman–Crippen LogP) is 6.04. The molecular formula is C20H26. The van der Waals surface area contributed by atoms with Crippen LogP contribution in [0.25, 0.3) is 11.1 Å². The lowest BCUT2D eigenvalue weighted by molar-refractivity contribution is 0.717. The highest BCUT2D eigenvalue weighted by atomic mass is 14.0. The summed E-state index contributed by atoms with van der Waals surface area (Å²) in [6.07, 6.45) is 7.54. The fraction of sp³-hybridized carbons (Fsp3) is 0.400. The fourth-order valence-corrected chi connectivity index (χ4v) is 2.60. The first-order valence-electron chi connectivity index (χ1n) is 8.01. The second-order valence-electron chi connectivity index (χ2n) is 5.60. The van der Waals surface area contributed by atoms with Crippen molar-refractivity contribution in [3.63, 3.8) is 0 Å². The first kappa shape index (κ1) is 14.8. The number of aryl methyl sites for hydroxylation is 2. The second kappa shape index (κ2) is 7.89. The van der Waals surface area contributed by atoms with Crippen molar-refractivity contribution in [2.45, 2.75) is 52.4 Å². The van der Waals surface area contributed by atoms with Crippen molar-refractivity contribution in [3.8, 4) is 11.1 Å². The van der Waals surface area contributed by atoms with E-state index in [0.717, 1.165) is 0 Å². The van der Waals surface area contributed by atoms with Gasteiger partial charge in [0.2, 0.25) is 0 Å². The van der Waals surface area contributed by atoms with Gasteiger partial charge in [0, 0.05) is 0 Å². The number of hydrogen-bond donors (Lipinski definition) is 0. The Bertz CT molecular complexity index is 491. The molecule has 0 heterocycles. The lowest BCUT2D eigenvalue weighted by Crippen LogP contribution is -1.87. The summed E-state index contributed by atoms with van der Waals surface area (Å²) in [7, 11) is 0. The van der Waals surface area contributed by atoms with Gasteiger partial charge in [-0.3, -0.25) is 0 Å². The van der Waals surface area contributed by atoms with Gasteiger partial charge < -0.3 is 0 Å². The Hall–Kier alpha value is -1.56. The number of rotatable bonds is 7. The molecule has 0 nitrogen and oxygen atoms in total. The Labute approximate surface area is 123 Å². The maximum atomic E-state index is 2.28. The molecule has 106 valence electrons. The smallest absolute Gasteiger partial charge is 0.0184 e. The van der Waals surface area contributed by atoms with Crippen LogP contribution in [0.15, 0.2) is 48.5 Å². The minimum absolute atomic E-state index is 1.18. The van der Waals surface area contributed by atoms with E-state index in [-0.39, 0.29) is 0 Å². The zero-order valence-electron chi connectivity index (χ0n) is 12.9. The summed E-state index contributed by atoms with van der Waals surface area (Å²) in [5.41, 5.74) is 5.55. The molecule has 0 aliphatic heterocycles. The van der Waals surface area contributed by atoms with E-state index in [9.17, 15) is 0 Å². The minimum Gasteiger partial charge on any atom is -0.0654 e. The summed E-state index contributed by atoms with van der Waals surface area (Å²) in [4.78, 5) is 0. The van der Waals surface area contributed by atoms with E-state index in [0.29, 0.717) is 0 Å². The Morgan fingerprint density at radius 3 is 1.50 bits per heavy atom. The third kappa shape index (κ3) is 4.23. The predicted molar refractivity (Wildman–Crippen MR) is 89.1 cm³/mol. The molecule has 2 aromatic rings. The van der Waals surface area contributed by atoms with Gasteiger partial charge in [0.15, 0.2) is 0 Å². The Balaban J connectivity index is 2.01. The summed E-state index contributed by atoms with van der Waals surface area (Å²) in [6.45, 7) is 4.48. The molecule has 0 saturated carbocycles. The Morgan fingerprint density at radius 1 is 0.550 bits per heavy atom. The average molecular weight is 266 g/mol. The molecule has 0 aliphatic carbocycles. The lowest BCUT2D eigenvalue weighted by atomic mass is 10.00. The van der Waals surface area contributed by atoms with Crippen molar-refractivity contribution in [3.05, 3.63) is 59.7 Å². The Morgan fingerprint density at radius 2 is 1.05 bits per heavy atom. The molecule has 0 atom stereocenters. The van der Waals surface area contributed by atoms with E-state index in [1.807, 2.05) is 0 Å². The Kier molecular flexibility index (Phi) is 5.86. The van der Waals surface area contributed by atoms with Gasteiger partial charge in [0.05, 0.1) is 0 Å². The molecule has 0 radical (unpaired) electrons. The lowest BCUT2D eigenvalue weighted by Gasteiger charge is -2.06. The van der Waals surface area contributed by atoms with Crippen LogP contribution in [0.2, 0.25) is 0 Å². The number of benzene rings is 2. The van der Waals surface area contributed by atoms with E-state index >= 15 is 0 Å². The highest BCUT2D eigenvalue weighted by molar-refractivity contribution is 5.63. The minimum atomic E-state index is 1.18. The van der Waals surface area contributed by atoms with Crippen molar-refractivity contribution in [1.29, 1.82) is 0 Å². The van der Waals surface area contributed by atoms with E-state index in [2.05, 4.69) is 62.4 Å². The van der Waals surface area contributed by atoms with Crippen LogP contribution in [0.5, 0.6) is 0 Å². The van der Waals surface area contributed by atoms with Gasteiger partial charge >= 0.3 is 0 Å². The molecule has 0 bridgehead atoms.